The van der Waals surface area contributed by atoms with Gasteiger partial charge in [-0.05, 0) is 62.5 Å². The Morgan fingerprint density at radius 3 is 2.60 bits per heavy atom. The van der Waals surface area contributed by atoms with Crippen LogP contribution in [0.15, 0.2) is 66.0 Å². The molecule has 4 rings (SSSR count). The summed E-state index contributed by atoms with van der Waals surface area (Å²) < 4.78 is 7.45. The molecule has 0 unspecified atom stereocenters. The number of benzene rings is 2. The van der Waals surface area contributed by atoms with Crippen LogP contribution in [0.4, 0.5) is 5.69 Å². The van der Waals surface area contributed by atoms with E-state index in [0.717, 1.165) is 16.1 Å². The van der Waals surface area contributed by atoms with E-state index in [1.54, 1.807) is 16.0 Å². The van der Waals surface area contributed by atoms with Crippen LogP contribution in [0.1, 0.15) is 29.8 Å². The number of aryl methyl sites for hydroxylation is 1. The van der Waals surface area contributed by atoms with Gasteiger partial charge in [0.2, 0.25) is 0 Å². The molecular weight excluding hydrogens is 396 g/mol. The first-order valence-electron chi connectivity index (χ1n) is 9.65. The molecule has 0 saturated heterocycles. The summed E-state index contributed by atoms with van der Waals surface area (Å²) in [5.74, 6) is 0.538. The normalized spacial score (nSPS) is 10.9. The molecule has 0 fully saturated rings. The number of rotatable bonds is 6. The second-order valence-corrected chi connectivity index (χ2v) is 8.09. The number of nitrogens with one attached hydrogen (secondary N) is 1. The number of aromatic nitrogens is 3. The van der Waals surface area contributed by atoms with Crippen LogP contribution in [-0.4, -0.2) is 26.8 Å². The Morgan fingerprint density at radius 2 is 1.90 bits per heavy atom. The van der Waals surface area contributed by atoms with Crippen molar-refractivity contribution in [2.24, 2.45) is 0 Å². The van der Waals surface area contributed by atoms with Crippen LogP contribution >= 0.6 is 11.3 Å². The molecule has 2 aromatic heterocycles. The number of carbonyl (C=O) groups excluding carboxylic acids is 1. The third kappa shape index (κ3) is 4.41. The number of anilines is 1. The topological polar surface area (TPSA) is 69.0 Å². The van der Waals surface area contributed by atoms with Gasteiger partial charge >= 0.3 is 6.01 Å². The van der Waals surface area contributed by atoms with Crippen molar-refractivity contribution in [1.82, 2.24) is 14.8 Å². The zero-order valence-electron chi connectivity index (χ0n) is 17.0. The zero-order valence-corrected chi connectivity index (χ0v) is 17.8. The van der Waals surface area contributed by atoms with Gasteiger partial charge in [-0.2, -0.15) is 4.98 Å². The predicted octanol–water partition coefficient (Wildman–Crippen LogP) is 5.34. The zero-order chi connectivity index (χ0) is 21.1. The summed E-state index contributed by atoms with van der Waals surface area (Å²) in [6, 6.07) is 19.3. The molecule has 0 bridgehead atoms. The minimum absolute atomic E-state index is 0.0304. The smallest absolute Gasteiger partial charge is 0.336 e. The maximum atomic E-state index is 12.6. The largest absolute Gasteiger partial charge is 0.460 e. The highest BCUT2D eigenvalue weighted by atomic mass is 32.1. The van der Waals surface area contributed by atoms with Gasteiger partial charge in [0, 0.05) is 11.3 Å². The maximum Gasteiger partial charge on any atom is 0.336 e. The minimum Gasteiger partial charge on any atom is -0.460 e. The molecule has 0 radical (unpaired) electrons. The number of ether oxygens (including phenoxy) is 1. The summed E-state index contributed by atoms with van der Waals surface area (Å²) in [7, 11) is 0. The molecule has 0 aliphatic heterocycles. The van der Waals surface area contributed by atoms with Crippen molar-refractivity contribution in [1.29, 1.82) is 0 Å². The molecule has 1 amide bonds. The first-order chi connectivity index (χ1) is 14.5. The van der Waals surface area contributed by atoms with Crippen LogP contribution in [0.2, 0.25) is 0 Å². The third-order valence-electron chi connectivity index (χ3n) is 4.33. The Hall–Kier alpha value is -3.45. The van der Waals surface area contributed by atoms with Crippen molar-refractivity contribution in [3.63, 3.8) is 0 Å². The molecule has 0 aliphatic carbocycles. The third-order valence-corrected chi connectivity index (χ3v) is 5.20. The first kappa shape index (κ1) is 19.8. The van der Waals surface area contributed by atoms with E-state index in [9.17, 15) is 4.79 Å². The molecule has 0 spiro atoms. The Morgan fingerprint density at radius 1 is 1.10 bits per heavy atom. The van der Waals surface area contributed by atoms with Gasteiger partial charge in [-0.1, -0.05) is 29.8 Å². The van der Waals surface area contributed by atoms with Gasteiger partial charge in [-0.25, -0.2) is 4.68 Å². The highest BCUT2D eigenvalue weighted by molar-refractivity contribution is 7.13. The van der Waals surface area contributed by atoms with Crippen LogP contribution in [0.5, 0.6) is 6.01 Å². The van der Waals surface area contributed by atoms with E-state index < -0.39 is 0 Å². The van der Waals surface area contributed by atoms with Crippen molar-refractivity contribution in [3.8, 4) is 22.4 Å². The predicted molar refractivity (Wildman–Crippen MR) is 120 cm³/mol. The lowest BCUT2D eigenvalue weighted by molar-refractivity contribution is 0.102. The highest BCUT2D eigenvalue weighted by Crippen LogP contribution is 2.28. The molecule has 152 valence electrons. The van der Waals surface area contributed by atoms with Gasteiger partial charge < -0.3 is 10.1 Å². The van der Waals surface area contributed by atoms with Gasteiger partial charge in [0.05, 0.1) is 16.7 Å². The van der Waals surface area contributed by atoms with Crippen LogP contribution in [0, 0.1) is 6.92 Å². The first-order valence-corrected chi connectivity index (χ1v) is 10.5. The minimum atomic E-state index is -0.159. The molecule has 0 aliphatic rings. The van der Waals surface area contributed by atoms with Gasteiger partial charge in [0.15, 0.2) is 5.82 Å². The Bertz CT molecular complexity index is 1150. The van der Waals surface area contributed by atoms with E-state index >= 15 is 0 Å². The lowest BCUT2D eigenvalue weighted by Gasteiger charge is -2.09. The molecular formula is C23H22N4O2S. The van der Waals surface area contributed by atoms with Crippen molar-refractivity contribution >= 4 is 22.9 Å². The van der Waals surface area contributed by atoms with Gasteiger partial charge in [-0.15, -0.1) is 16.4 Å². The summed E-state index contributed by atoms with van der Waals surface area (Å²) in [6.45, 7) is 5.87. The number of hydrogen-bond acceptors (Lipinski definition) is 5. The van der Waals surface area contributed by atoms with Gasteiger partial charge in [0.1, 0.15) is 0 Å². The Balaban J connectivity index is 1.65. The molecule has 1 N–H and O–H groups in total. The second kappa shape index (κ2) is 8.51. The fourth-order valence-electron chi connectivity index (χ4n) is 2.92. The van der Waals surface area contributed by atoms with Crippen molar-refractivity contribution < 1.29 is 9.53 Å². The SMILES string of the molecule is Cc1ccc(C(=O)Nc2cccc(-n3nc(OC(C)C)nc3-c3cccs3)c2)cc1. The molecule has 6 nitrogen and oxygen atoms in total. The van der Waals surface area contributed by atoms with Crippen molar-refractivity contribution in [3.05, 3.63) is 77.2 Å². The molecule has 30 heavy (non-hydrogen) atoms. The standard InChI is InChI=1S/C23H22N4O2S/c1-15(2)29-23-25-21(20-8-5-13-30-20)27(26-23)19-7-4-6-18(14-19)24-22(28)17-11-9-16(3)10-12-17/h4-15H,1-3H3,(H,24,28). The van der Waals surface area contributed by atoms with E-state index in [0.29, 0.717) is 23.1 Å². The molecule has 2 heterocycles. The van der Waals surface area contributed by atoms with Crippen molar-refractivity contribution in [2.75, 3.05) is 5.32 Å². The second-order valence-electron chi connectivity index (χ2n) is 7.14. The number of hydrogen-bond donors (Lipinski definition) is 1. The Labute approximate surface area is 179 Å². The molecule has 7 heteroatoms. The average Bonchev–Trinajstić information content (AvgIpc) is 3.38. The highest BCUT2D eigenvalue weighted by Gasteiger charge is 2.17. The fraction of sp³-hybridized carbons (Fsp3) is 0.174. The fourth-order valence-corrected chi connectivity index (χ4v) is 3.62. The summed E-state index contributed by atoms with van der Waals surface area (Å²) in [4.78, 5) is 18.1. The lowest BCUT2D eigenvalue weighted by Crippen LogP contribution is -2.12. The van der Waals surface area contributed by atoms with E-state index in [2.05, 4.69) is 15.4 Å². The number of carbonyl (C=O) groups is 1. The summed E-state index contributed by atoms with van der Waals surface area (Å²) >= 11 is 1.58. The number of thiophene rings is 1. The molecule has 2 aromatic carbocycles. The van der Waals surface area contributed by atoms with Crippen molar-refractivity contribution in [2.45, 2.75) is 26.9 Å². The molecule has 0 saturated carbocycles. The van der Waals surface area contributed by atoms with Crippen LogP contribution < -0.4 is 10.1 Å². The van der Waals surface area contributed by atoms with Gasteiger partial charge in [0.25, 0.3) is 5.91 Å². The van der Waals surface area contributed by atoms with Crippen LogP contribution in [0.3, 0.4) is 0 Å². The lowest BCUT2D eigenvalue weighted by atomic mass is 10.1. The Kier molecular flexibility index (Phi) is 5.63. The van der Waals surface area contributed by atoms with Crippen LogP contribution in [0.25, 0.3) is 16.4 Å². The molecule has 4 aromatic rings. The summed E-state index contributed by atoms with van der Waals surface area (Å²) in [5.41, 5.74) is 3.18. The van der Waals surface area contributed by atoms with Crippen LogP contribution in [-0.2, 0) is 0 Å². The van der Waals surface area contributed by atoms with Gasteiger partial charge in [-0.3, -0.25) is 4.79 Å². The quantitative estimate of drug-likeness (QED) is 0.459. The van der Waals surface area contributed by atoms with E-state index in [1.807, 2.05) is 86.8 Å². The van der Waals surface area contributed by atoms with E-state index in [-0.39, 0.29) is 12.0 Å². The maximum absolute atomic E-state index is 12.6. The molecule has 0 atom stereocenters. The summed E-state index contributed by atoms with van der Waals surface area (Å²) in [5, 5.41) is 9.49. The van der Waals surface area contributed by atoms with E-state index in [4.69, 9.17) is 4.74 Å². The monoisotopic (exact) mass is 418 g/mol. The number of nitrogens with zero attached hydrogens (tertiary/aromatic N) is 3. The number of amides is 1. The summed E-state index contributed by atoms with van der Waals surface area (Å²) in [6.07, 6.45) is -0.0304. The van der Waals surface area contributed by atoms with E-state index in [1.165, 1.54) is 0 Å². The average molecular weight is 419 g/mol.